The molecule has 1 aromatic carbocycles. The predicted molar refractivity (Wildman–Crippen MR) is 115 cm³/mol. The highest BCUT2D eigenvalue weighted by atomic mass is 32.1. The molecule has 35 heavy (non-hydrogen) atoms. The van der Waals surface area contributed by atoms with Crippen LogP contribution >= 0.6 is 11.3 Å². The number of halogens is 5. The van der Waals surface area contributed by atoms with Crippen LogP contribution < -0.4 is 25.8 Å². The minimum Gasteiger partial charge on any atom is -0.432 e. The second-order valence-electron chi connectivity index (χ2n) is 6.75. The van der Waals surface area contributed by atoms with Gasteiger partial charge in [0.05, 0.1) is 0 Å². The van der Waals surface area contributed by atoms with E-state index in [1.807, 2.05) is 0 Å². The Morgan fingerprint density at radius 3 is 2.31 bits per heavy atom. The number of ketones is 1. The molecule has 186 valence electrons. The van der Waals surface area contributed by atoms with Crippen LogP contribution in [0.2, 0.25) is 0 Å². The van der Waals surface area contributed by atoms with Crippen molar-refractivity contribution in [3.05, 3.63) is 52.8 Å². The van der Waals surface area contributed by atoms with Gasteiger partial charge in [-0.25, -0.2) is 14.4 Å². The number of thiazole rings is 1. The predicted octanol–water partition coefficient (Wildman–Crippen LogP) is 3.71. The summed E-state index contributed by atoms with van der Waals surface area (Å²) >= 11 is 0.726. The van der Waals surface area contributed by atoms with Crippen LogP contribution in [-0.2, 0) is 4.79 Å². The molecule has 3 aromatic rings. The number of alkyl halides is 4. The lowest BCUT2D eigenvalue weighted by molar-refractivity contribution is -0.118. The summed E-state index contributed by atoms with van der Waals surface area (Å²) in [5.41, 5.74) is 11.2. The zero-order valence-corrected chi connectivity index (χ0v) is 18.4. The van der Waals surface area contributed by atoms with Gasteiger partial charge in [-0.3, -0.25) is 9.59 Å². The Bertz CT molecular complexity index is 1230. The van der Waals surface area contributed by atoms with E-state index in [-0.39, 0.29) is 27.1 Å². The molecule has 15 heteroatoms. The third kappa shape index (κ3) is 5.92. The number of hydrogen-bond acceptors (Lipinski definition) is 9. The van der Waals surface area contributed by atoms with E-state index in [0.717, 1.165) is 40.6 Å². The Hall–Kier alpha value is -4.01. The van der Waals surface area contributed by atoms with Gasteiger partial charge < -0.3 is 25.8 Å². The summed E-state index contributed by atoms with van der Waals surface area (Å²) in [6.07, 6.45) is 1.000. The Balaban J connectivity index is 1.97. The van der Waals surface area contributed by atoms with E-state index < -0.39 is 48.4 Å². The highest BCUT2D eigenvalue weighted by molar-refractivity contribution is 7.18. The van der Waals surface area contributed by atoms with Crippen molar-refractivity contribution in [1.82, 2.24) is 9.97 Å². The van der Waals surface area contributed by atoms with Crippen molar-refractivity contribution in [2.45, 2.75) is 26.2 Å². The Labute approximate surface area is 198 Å². The fourth-order valence-corrected chi connectivity index (χ4v) is 3.90. The van der Waals surface area contributed by atoms with Gasteiger partial charge in [0.1, 0.15) is 16.7 Å². The summed E-state index contributed by atoms with van der Waals surface area (Å²) < 4.78 is 72.0. The third-order valence-corrected chi connectivity index (χ3v) is 5.54. The SMILES string of the molecule is C[C@H](C(N)=O)N(c1ccc(OC(F)F)c(F)c1)c1nc(N)c(C(=O)c2ccc(OC(F)F)nc2)s1. The molecule has 0 aliphatic rings. The maximum Gasteiger partial charge on any atom is 0.388 e. The molecule has 1 atom stereocenters. The average molecular weight is 517 g/mol. The summed E-state index contributed by atoms with van der Waals surface area (Å²) in [4.78, 5) is 33.5. The van der Waals surface area contributed by atoms with Crippen LogP contribution in [0, 0.1) is 5.82 Å². The van der Waals surface area contributed by atoms with Gasteiger partial charge in [-0.2, -0.15) is 17.6 Å². The van der Waals surface area contributed by atoms with E-state index in [1.54, 1.807) is 0 Å². The fourth-order valence-electron chi connectivity index (χ4n) is 2.85. The Morgan fingerprint density at radius 2 is 1.77 bits per heavy atom. The van der Waals surface area contributed by atoms with Crippen LogP contribution in [0.15, 0.2) is 36.5 Å². The third-order valence-electron chi connectivity index (χ3n) is 4.47. The first-order chi connectivity index (χ1) is 16.5. The number of pyridine rings is 1. The first-order valence-corrected chi connectivity index (χ1v) is 10.3. The number of amides is 1. The number of primary amides is 1. The minimum atomic E-state index is -3.26. The molecular weight excluding hydrogens is 501 g/mol. The normalized spacial score (nSPS) is 12.0. The molecule has 3 rings (SSSR count). The second kappa shape index (κ2) is 10.5. The van der Waals surface area contributed by atoms with E-state index in [2.05, 4.69) is 19.4 Å². The van der Waals surface area contributed by atoms with E-state index >= 15 is 0 Å². The Kier molecular flexibility index (Phi) is 7.68. The number of carbonyl (C=O) groups excluding carboxylic acids is 2. The molecule has 2 aromatic heterocycles. The Morgan fingerprint density at radius 1 is 1.09 bits per heavy atom. The van der Waals surface area contributed by atoms with Crippen molar-refractivity contribution < 1.29 is 41.0 Å². The lowest BCUT2D eigenvalue weighted by atomic mass is 10.1. The number of anilines is 3. The van der Waals surface area contributed by atoms with Gasteiger partial charge in [0, 0.05) is 29.6 Å². The van der Waals surface area contributed by atoms with Crippen molar-refractivity contribution >= 4 is 39.7 Å². The maximum absolute atomic E-state index is 14.3. The lowest BCUT2D eigenvalue weighted by Crippen LogP contribution is -2.40. The monoisotopic (exact) mass is 517 g/mol. The van der Waals surface area contributed by atoms with Crippen LogP contribution in [0.4, 0.5) is 38.6 Å². The lowest BCUT2D eigenvalue weighted by Gasteiger charge is -2.27. The summed E-state index contributed by atoms with van der Waals surface area (Å²) in [6.45, 7) is -4.98. The highest BCUT2D eigenvalue weighted by Crippen LogP contribution is 2.37. The van der Waals surface area contributed by atoms with Crippen LogP contribution in [-0.4, -0.2) is 40.9 Å². The first-order valence-electron chi connectivity index (χ1n) is 9.52. The van der Waals surface area contributed by atoms with Crippen LogP contribution in [0.5, 0.6) is 11.6 Å². The van der Waals surface area contributed by atoms with Crippen molar-refractivity contribution in [3.63, 3.8) is 0 Å². The van der Waals surface area contributed by atoms with Crippen molar-refractivity contribution in [3.8, 4) is 11.6 Å². The molecule has 0 saturated heterocycles. The van der Waals surface area contributed by atoms with E-state index in [4.69, 9.17) is 11.5 Å². The van der Waals surface area contributed by atoms with Gasteiger partial charge >= 0.3 is 13.2 Å². The topological polar surface area (TPSA) is 134 Å². The summed E-state index contributed by atoms with van der Waals surface area (Å²) in [6, 6.07) is 4.05. The summed E-state index contributed by atoms with van der Waals surface area (Å²) in [7, 11) is 0. The molecule has 0 unspecified atom stereocenters. The van der Waals surface area contributed by atoms with Crippen molar-refractivity contribution in [2.75, 3.05) is 10.6 Å². The van der Waals surface area contributed by atoms with Gasteiger partial charge in [0.2, 0.25) is 17.6 Å². The molecule has 0 saturated carbocycles. The van der Waals surface area contributed by atoms with Gasteiger partial charge in [0.25, 0.3) is 0 Å². The number of aromatic nitrogens is 2. The number of nitrogens with two attached hydrogens (primary N) is 2. The molecule has 0 aliphatic heterocycles. The molecule has 0 fully saturated rings. The van der Waals surface area contributed by atoms with Gasteiger partial charge in [-0.15, -0.1) is 0 Å². The molecular formula is C20H16F5N5O4S. The molecule has 0 bridgehead atoms. The number of nitrogens with zero attached hydrogens (tertiary/aromatic N) is 3. The molecule has 9 nitrogen and oxygen atoms in total. The number of nitrogen functional groups attached to an aromatic ring is 1. The second-order valence-corrected chi connectivity index (χ2v) is 7.72. The first kappa shape index (κ1) is 25.6. The maximum atomic E-state index is 14.3. The summed E-state index contributed by atoms with van der Waals surface area (Å²) in [5, 5.41) is -0.0373. The van der Waals surface area contributed by atoms with Gasteiger partial charge in [-0.05, 0) is 25.1 Å². The highest BCUT2D eigenvalue weighted by Gasteiger charge is 2.28. The van der Waals surface area contributed by atoms with Gasteiger partial charge in [-0.1, -0.05) is 11.3 Å². The van der Waals surface area contributed by atoms with E-state index in [9.17, 15) is 31.5 Å². The zero-order valence-electron chi connectivity index (χ0n) is 17.6. The summed E-state index contributed by atoms with van der Waals surface area (Å²) in [5.74, 6) is -4.04. The van der Waals surface area contributed by atoms with E-state index in [0.29, 0.717) is 0 Å². The molecule has 0 aliphatic carbocycles. The number of hydrogen-bond donors (Lipinski definition) is 2. The van der Waals surface area contributed by atoms with Gasteiger partial charge in [0.15, 0.2) is 16.7 Å². The van der Waals surface area contributed by atoms with Crippen LogP contribution in [0.1, 0.15) is 22.2 Å². The molecule has 4 N–H and O–H groups in total. The molecule has 1 amide bonds. The quantitative estimate of drug-likeness (QED) is 0.307. The zero-order chi connectivity index (χ0) is 25.9. The molecule has 0 radical (unpaired) electrons. The number of rotatable bonds is 10. The van der Waals surface area contributed by atoms with Crippen molar-refractivity contribution in [1.29, 1.82) is 0 Å². The average Bonchev–Trinajstić information content (AvgIpc) is 3.16. The fraction of sp³-hybridized carbons (Fsp3) is 0.200. The standard InChI is InChI=1S/C20H16F5N5O4S/c1-8(17(27)32)30(10-3-4-12(11(21)6-10)33-18(22)23)20-29-16(26)15(35-20)14(31)9-2-5-13(28-7-9)34-19(24)25/h2-8,18-19H,26H2,1H3,(H2,27,32)/t8-/m1/s1. The number of benzene rings is 1. The molecule has 2 heterocycles. The smallest absolute Gasteiger partial charge is 0.388 e. The number of ether oxygens (including phenoxy) is 2. The van der Waals surface area contributed by atoms with Crippen LogP contribution in [0.25, 0.3) is 0 Å². The number of carbonyl (C=O) groups is 2. The minimum absolute atomic E-state index is 0.0154. The van der Waals surface area contributed by atoms with Crippen LogP contribution in [0.3, 0.4) is 0 Å². The largest absolute Gasteiger partial charge is 0.432 e. The van der Waals surface area contributed by atoms with E-state index in [1.165, 1.54) is 19.1 Å². The van der Waals surface area contributed by atoms with Crippen molar-refractivity contribution in [2.24, 2.45) is 5.73 Å². The molecule has 0 spiro atoms.